The Kier molecular flexibility index (Phi) is 4.47. The van der Waals surface area contributed by atoms with Gasteiger partial charge in [-0.1, -0.05) is 23.2 Å². The highest BCUT2D eigenvalue weighted by Crippen LogP contribution is 2.43. The second-order valence-corrected chi connectivity index (χ2v) is 4.41. The van der Waals surface area contributed by atoms with Gasteiger partial charge in [0.15, 0.2) is 0 Å². The van der Waals surface area contributed by atoms with Crippen LogP contribution in [0, 0.1) is 0 Å². The Balaban J connectivity index is 2.71. The van der Waals surface area contributed by atoms with Crippen molar-refractivity contribution >= 4 is 23.2 Å². The summed E-state index contributed by atoms with van der Waals surface area (Å²) in [6, 6.07) is 0. The predicted octanol–water partition coefficient (Wildman–Crippen LogP) is 3.87. The topological polar surface area (TPSA) is 9.23 Å². The monoisotopic (exact) mass is 304 g/mol. The molecular formula is C8H8Cl2F6O. The van der Waals surface area contributed by atoms with E-state index in [0.29, 0.717) is 0 Å². The molecule has 0 aromatic heterocycles. The number of hydrogen-bond donors (Lipinski definition) is 0. The summed E-state index contributed by atoms with van der Waals surface area (Å²) in [7, 11) is 0. The standard InChI is InChI=1S/C8H8Cl2F6O/c9-5(11)7(13,14)3-1-2-4(17-3)8(15,16)6(10)12/h3-6H,1-2H2. The van der Waals surface area contributed by atoms with Crippen LogP contribution < -0.4 is 0 Å². The van der Waals surface area contributed by atoms with E-state index in [-0.39, 0.29) is 0 Å². The first-order valence-corrected chi connectivity index (χ1v) is 5.44. The third-order valence-electron chi connectivity index (χ3n) is 2.46. The van der Waals surface area contributed by atoms with Gasteiger partial charge in [0.2, 0.25) is 11.3 Å². The van der Waals surface area contributed by atoms with Crippen LogP contribution in [-0.4, -0.2) is 35.3 Å². The molecule has 1 fully saturated rings. The molecule has 0 spiro atoms. The number of halogens is 8. The summed E-state index contributed by atoms with van der Waals surface area (Å²) in [6.07, 6.45) is -5.32. The Morgan fingerprint density at radius 3 is 1.41 bits per heavy atom. The summed E-state index contributed by atoms with van der Waals surface area (Å²) in [4.78, 5) is 0. The molecule has 1 rings (SSSR count). The lowest BCUT2D eigenvalue weighted by Crippen LogP contribution is -2.44. The Labute approximate surface area is 103 Å². The Bertz CT molecular complexity index is 247. The largest absolute Gasteiger partial charge is 0.362 e. The minimum absolute atomic E-state index is 0.552. The second-order valence-electron chi connectivity index (χ2n) is 3.64. The maximum atomic E-state index is 13.0. The molecule has 1 aliphatic rings. The minimum atomic E-state index is -4.11. The van der Waals surface area contributed by atoms with E-state index in [0.717, 1.165) is 0 Å². The quantitative estimate of drug-likeness (QED) is 0.566. The van der Waals surface area contributed by atoms with Crippen LogP contribution in [0.15, 0.2) is 0 Å². The van der Waals surface area contributed by atoms with Gasteiger partial charge >= 0.3 is 11.8 Å². The van der Waals surface area contributed by atoms with E-state index < -0.39 is 48.2 Å². The fourth-order valence-corrected chi connectivity index (χ4v) is 1.77. The average Bonchev–Trinajstić information content (AvgIpc) is 2.66. The minimum Gasteiger partial charge on any atom is -0.362 e. The van der Waals surface area contributed by atoms with Crippen LogP contribution in [-0.2, 0) is 4.74 Å². The SMILES string of the molecule is FC(Cl)C(F)(F)C1CCC(C(F)(F)C(F)Cl)O1. The maximum absolute atomic E-state index is 13.0. The number of alkyl halides is 8. The van der Waals surface area contributed by atoms with Crippen LogP contribution in [0.3, 0.4) is 0 Å². The van der Waals surface area contributed by atoms with Crippen LogP contribution in [0.1, 0.15) is 12.8 Å². The van der Waals surface area contributed by atoms with Crippen LogP contribution in [0.25, 0.3) is 0 Å². The summed E-state index contributed by atoms with van der Waals surface area (Å²) in [5, 5.41) is 0. The lowest BCUT2D eigenvalue weighted by Gasteiger charge is -2.26. The summed E-state index contributed by atoms with van der Waals surface area (Å²) in [5.41, 5.74) is -6.12. The molecule has 1 saturated heterocycles. The van der Waals surface area contributed by atoms with Crippen molar-refractivity contribution in [1.29, 1.82) is 0 Å². The predicted molar refractivity (Wildman–Crippen MR) is 49.3 cm³/mol. The Morgan fingerprint density at radius 2 is 1.18 bits per heavy atom. The van der Waals surface area contributed by atoms with Crippen molar-refractivity contribution in [2.75, 3.05) is 0 Å². The van der Waals surface area contributed by atoms with Crippen molar-refractivity contribution < 1.29 is 31.1 Å². The molecule has 0 aromatic carbocycles. The fourth-order valence-electron chi connectivity index (χ4n) is 1.48. The third-order valence-corrected chi connectivity index (χ3v) is 3.04. The molecule has 0 radical (unpaired) electrons. The van der Waals surface area contributed by atoms with Crippen LogP contribution in [0.2, 0.25) is 0 Å². The molecule has 102 valence electrons. The van der Waals surface area contributed by atoms with E-state index in [9.17, 15) is 26.3 Å². The van der Waals surface area contributed by atoms with Crippen molar-refractivity contribution in [3.05, 3.63) is 0 Å². The Hall–Kier alpha value is 0.120. The highest BCUT2D eigenvalue weighted by atomic mass is 35.5. The van der Waals surface area contributed by atoms with E-state index >= 15 is 0 Å². The van der Waals surface area contributed by atoms with Gasteiger partial charge < -0.3 is 4.74 Å². The molecule has 0 N–H and O–H groups in total. The van der Waals surface area contributed by atoms with E-state index in [1.807, 2.05) is 0 Å². The molecule has 0 aromatic rings. The van der Waals surface area contributed by atoms with Gasteiger partial charge in [-0.25, -0.2) is 8.78 Å². The van der Waals surface area contributed by atoms with E-state index in [1.54, 1.807) is 0 Å². The van der Waals surface area contributed by atoms with Crippen molar-refractivity contribution in [2.24, 2.45) is 0 Å². The average molecular weight is 305 g/mol. The zero-order valence-corrected chi connectivity index (χ0v) is 9.67. The molecule has 0 amide bonds. The second kappa shape index (κ2) is 5.01. The Morgan fingerprint density at radius 1 is 0.882 bits per heavy atom. The van der Waals surface area contributed by atoms with Gasteiger partial charge in [-0.2, -0.15) is 17.6 Å². The lowest BCUT2D eigenvalue weighted by atomic mass is 10.1. The van der Waals surface area contributed by atoms with Gasteiger partial charge in [0.25, 0.3) is 0 Å². The number of ether oxygens (including phenoxy) is 1. The van der Waals surface area contributed by atoms with E-state index in [1.165, 1.54) is 0 Å². The van der Waals surface area contributed by atoms with Crippen LogP contribution >= 0.6 is 23.2 Å². The molecule has 4 atom stereocenters. The van der Waals surface area contributed by atoms with Crippen molar-refractivity contribution in [3.63, 3.8) is 0 Å². The molecule has 0 bridgehead atoms. The lowest BCUT2D eigenvalue weighted by molar-refractivity contribution is -0.199. The summed E-state index contributed by atoms with van der Waals surface area (Å²) < 4.78 is 81.0. The first-order chi connectivity index (χ1) is 7.60. The highest BCUT2D eigenvalue weighted by molar-refractivity contribution is 6.20. The third kappa shape index (κ3) is 2.93. The number of hydrogen-bond acceptors (Lipinski definition) is 1. The molecule has 1 heterocycles. The van der Waals surface area contributed by atoms with Gasteiger partial charge in [0.1, 0.15) is 12.2 Å². The zero-order valence-electron chi connectivity index (χ0n) is 8.16. The molecule has 1 aliphatic heterocycles. The molecule has 17 heavy (non-hydrogen) atoms. The van der Waals surface area contributed by atoms with Gasteiger partial charge in [0, 0.05) is 0 Å². The highest BCUT2D eigenvalue weighted by Gasteiger charge is 2.57. The van der Waals surface area contributed by atoms with Crippen LogP contribution in [0.5, 0.6) is 0 Å². The molecule has 0 aliphatic carbocycles. The van der Waals surface area contributed by atoms with Crippen molar-refractivity contribution in [2.45, 2.75) is 48.2 Å². The van der Waals surface area contributed by atoms with Crippen molar-refractivity contribution in [3.8, 4) is 0 Å². The summed E-state index contributed by atoms with van der Waals surface area (Å²) in [5.74, 6) is -8.21. The molecule has 9 heteroatoms. The molecule has 0 saturated carbocycles. The zero-order chi connectivity index (χ0) is 13.4. The smallest absolute Gasteiger partial charge is 0.317 e. The van der Waals surface area contributed by atoms with Crippen molar-refractivity contribution in [1.82, 2.24) is 0 Å². The van der Waals surface area contributed by atoms with E-state index in [4.69, 9.17) is 0 Å². The summed E-state index contributed by atoms with van der Waals surface area (Å²) in [6.45, 7) is 0. The number of rotatable bonds is 4. The normalized spacial score (nSPS) is 30.4. The van der Waals surface area contributed by atoms with Crippen LogP contribution in [0.4, 0.5) is 26.3 Å². The first-order valence-electron chi connectivity index (χ1n) is 4.57. The van der Waals surface area contributed by atoms with Gasteiger partial charge in [-0.05, 0) is 12.8 Å². The van der Waals surface area contributed by atoms with Gasteiger partial charge in [-0.15, -0.1) is 0 Å². The van der Waals surface area contributed by atoms with Gasteiger partial charge in [-0.3, -0.25) is 0 Å². The van der Waals surface area contributed by atoms with Gasteiger partial charge in [0.05, 0.1) is 0 Å². The first kappa shape index (κ1) is 15.2. The molecule has 4 unspecified atom stereocenters. The summed E-state index contributed by atoms with van der Waals surface area (Å²) >= 11 is 9.18. The molecule has 1 nitrogen and oxygen atoms in total. The maximum Gasteiger partial charge on any atom is 0.317 e. The molecular weight excluding hydrogens is 297 g/mol. The fraction of sp³-hybridized carbons (Fsp3) is 1.00. The van der Waals surface area contributed by atoms with E-state index in [2.05, 4.69) is 27.9 Å².